The van der Waals surface area contributed by atoms with Crippen molar-refractivity contribution in [3.8, 4) is 0 Å². The highest BCUT2D eigenvalue weighted by molar-refractivity contribution is 6.30. The van der Waals surface area contributed by atoms with E-state index in [1.165, 1.54) is 18.5 Å². The Labute approximate surface area is 142 Å². The maximum atomic E-state index is 12.3. The van der Waals surface area contributed by atoms with Gasteiger partial charge in [0.2, 0.25) is 0 Å². The summed E-state index contributed by atoms with van der Waals surface area (Å²) in [6.45, 7) is 1.03. The molecular weight excluding hydrogens is 334 g/mol. The first-order valence-electron chi connectivity index (χ1n) is 7.56. The number of hydrogen-bond donors (Lipinski definition) is 2. The largest absolute Gasteiger partial charge is 0.459 e. The van der Waals surface area contributed by atoms with Crippen LogP contribution in [0.5, 0.6) is 0 Å². The maximum absolute atomic E-state index is 12.3. The average molecular weight is 350 g/mol. The van der Waals surface area contributed by atoms with Gasteiger partial charge in [-0.2, -0.15) is 0 Å². The summed E-state index contributed by atoms with van der Waals surface area (Å²) < 4.78 is 5.13. The molecule has 24 heavy (non-hydrogen) atoms. The molecule has 0 aliphatic carbocycles. The third kappa shape index (κ3) is 3.51. The van der Waals surface area contributed by atoms with Gasteiger partial charge < -0.3 is 19.6 Å². The first-order chi connectivity index (χ1) is 11.5. The van der Waals surface area contributed by atoms with E-state index in [4.69, 9.17) is 16.0 Å². The Bertz CT molecular complexity index is 800. The molecule has 0 spiro atoms. The minimum Gasteiger partial charge on any atom is -0.459 e. The summed E-state index contributed by atoms with van der Waals surface area (Å²) in [5.74, 6) is -0.245. The predicted molar refractivity (Wildman–Crippen MR) is 87.2 cm³/mol. The number of furan rings is 1. The predicted octanol–water partition coefficient (Wildman–Crippen LogP) is 1.66. The van der Waals surface area contributed by atoms with E-state index in [0.717, 1.165) is 12.8 Å². The molecule has 1 aliphatic rings. The van der Waals surface area contributed by atoms with Gasteiger partial charge in [0.1, 0.15) is 5.02 Å². The number of aromatic nitrogens is 1. The lowest BCUT2D eigenvalue weighted by Crippen LogP contribution is -2.49. The van der Waals surface area contributed by atoms with Gasteiger partial charge in [-0.1, -0.05) is 11.6 Å². The normalized spacial score (nSPS) is 17.5. The Balaban J connectivity index is 1.64. The summed E-state index contributed by atoms with van der Waals surface area (Å²) >= 11 is 5.74. The number of amides is 2. The van der Waals surface area contributed by atoms with Crippen LogP contribution in [0.3, 0.4) is 0 Å². The van der Waals surface area contributed by atoms with Crippen molar-refractivity contribution >= 4 is 23.4 Å². The Morgan fingerprint density at radius 1 is 1.42 bits per heavy atom. The van der Waals surface area contributed by atoms with Crippen LogP contribution in [0.15, 0.2) is 39.9 Å². The van der Waals surface area contributed by atoms with Crippen molar-refractivity contribution in [3.63, 3.8) is 0 Å². The van der Waals surface area contributed by atoms with Gasteiger partial charge in [0.05, 0.1) is 11.8 Å². The fraction of sp³-hybridized carbons (Fsp3) is 0.312. The lowest BCUT2D eigenvalue weighted by atomic mass is 10.0. The maximum Gasteiger partial charge on any atom is 0.289 e. The quantitative estimate of drug-likeness (QED) is 0.880. The highest BCUT2D eigenvalue weighted by Crippen LogP contribution is 2.15. The van der Waals surface area contributed by atoms with Gasteiger partial charge in [-0.05, 0) is 31.0 Å². The van der Waals surface area contributed by atoms with E-state index >= 15 is 0 Å². The molecule has 2 amide bonds. The molecule has 2 aromatic rings. The number of piperidine rings is 1. The lowest BCUT2D eigenvalue weighted by molar-refractivity contribution is 0.0647. The summed E-state index contributed by atoms with van der Waals surface area (Å²) in [6, 6.07) is 4.43. The van der Waals surface area contributed by atoms with Gasteiger partial charge in [-0.25, -0.2) is 0 Å². The zero-order chi connectivity index (χ0) is 17.1. The average Bonchev–Trinajstić information content (AvgIpc) is 3.11. The van der Waals surface area contributed by atoms with Crippen LogP contribution in [-0.4, -0.2) is 40.8 Å². The van der Waals surface area contributed by atoms with Crippen molar-refractivity contribution in [2.75, 3.05) is 13.1 Å². The van der Waals surface area contributed by atoms with Crippen LogP contribution in [0.4, 0.5) is 0 Å². The third-order valence-corrected chi connectivity index (χ3v) is 4.18. The summed E-state index contributed by atoms with van der Waals surface area (Å²) in [5.41, 5.74) is -0.171. The van der Waals surface area contributed by atoms with E-state index in [1.54, 1.807) is 17.0 Å². The monoisotopic (exact) mass is 349 g/mol. The number of hydrogen-bond acceptors (Lipinski definition) is 4. The standard InChI is InChI=1S/C16H16ClN3O4/c17-12-7-10(8-18-15(12)22)14(21)19-11-3-1-5-20(9-11)16(23)13-4-2-6-24-13/h2,4,6-8,11H,1,3,5,9H2,(H,18,22)(H,19,21)/t11-/m0/s1. The second-order valence-corrected chi connectivity index (χ2v) is 6.01. The number of halogens is 1. The summed E-state index contributed by atoms with van der Waals surface area (Å²) in [6.07, 6.45) is 4.32. The van der Waals surface area contributed by atoms with Gasteiger partial charge in [0.15, 0.2) is 5.76 Å². The zero-order valence-corrected chi connectivity index (χ0v) is 13.5. The number of nitrogens with one attached hydrogen (secondary N) is 2. The van der Waals surface area contributed by atoms with Crippen molar-refractivity contribution in [1.82, 2.24) is 15.2 Å². The number of carbonyl (C=O) groups excluding carboxylic acids is 2. The number of likely N-dealkylation sites (tertiary alicyclic amines) is 1. The van der Waals surface area contributed by atoms with Gasteiger partial charge in [0, 0.05) is 25.3 Å². The van der Waals surface area contributed by atoms with Crippen LogP contribution in [0, 0.1) is 0 Å². The minimum absolute atomic E-state index is 0.0408. The molecule has 0 unspecified atom stereocenters. The Kier molecular flexibility index (Phi) is 4.71. The number of H-pyrrole nitrogens is 1. The van der Waals surface area contributed by atoms with E-state index < -0.39 is 5.56 Å². The van der Waals surface area contributed by atoms with Crippen LogP contribution in [0.25, 0.3) is 0 Å². The van der Waals surface area contributed by atoms with Gasteiger partial charge in [0.25, 0.3) is 17.4 Å². The fourth-order valence-corrected chi connectivity index (χ4v) is 2.86. The topological polar surface area (TPSA) is 95.4 Å². The molecule has 0 bridgehead atoms. The van der Waals surface area contributed by atoms with E-state index in [2.05, 4.69) is 10.3 Å². The van der Waals surface area contributed by atoms with E-state index in [0.29, 0.717) is 13.1 Å². The van der Waals surface area contributed by atoms with Crippen LogP contribution >= 0.6 is 11.6 Å². The van der Waals surface area contributed by atoms with E-state index in [-0.39, 0.29) is 34.2 Å². The van der Waals surface area contributed by atoms with Crippen LogP contribution < -0.4 is 10.9 Å². The van der Waals surface area contributed by atoms with Crippen molar-refractivity contribution in [3.05, 3.63) is 57.4 Å². The van der Waals surface area contributed by atoms with Crippen LogP contribution in [0.1, 0.15) is 33.8 Å². The molecule has 1 fully saturated rings. The number of nitrogens with zero attached hydrogens (tertiary/aromatic N) is 1. The molecule has 1 saturated heterocycles. The summed E-state index contributed by atoms with van der Waals surface area (Å²) in [4.78, 5) is 39.9. The molecule has 3 rings (SSSR count). The molecule has 1 atom stereocenters. The first-order valence-corrected chi connectivity index (χ1v) is 7.94. The van der Waals surface area contributed by atoms with Crippen molar-refractivity contribution in [1.29, 1.82) is 0 Å². The molecule has 7 nitrogen and oxygen atoms in total. The molecule has 0 aromatic carbocycles. The molecule has 0 radical (unpaired) electrons. The summed E-state index contributed by atoms with van der Waals surface area (Å²) in [7, 11) is 0. The minimum atomic E-state index is -0.443. The fourth-order valence-electron chi connectivity index (χ4n) is 2.69. The van der Waals surface area contributed by atoms with E-state index in [9.17, 15) is 14.4 Å². The molecule has 8 heteroatoms. The molecule has 2 aromatic heterocycles. The van der Waals surface area contributed by atoms with Gasteiger partial charge in [-0.15, -0.1) is 0 Å². The Hall–Kier alpha value is -2.54. The molecular formula is C16H16ClN3O4. The first kappa shape index (κ1) is 16.3. The van der Waals surface area contributed by atoms with E-state index in [1.807, 2.05) is 0 Å². The third-order valence-electron chi connectivity index (χ3n) is 3.90. The molecule has 1 aliphatic heterocycles. The smallest absolute Gasteiger partial charge is 0.289 e. The number of carbonyl (C=O) groups is 2. The summed E-state index contributed by atoms with van der Waals surface area (Å²) in [5, 5.41) is 2.83. The van der Waals surface area contributed by atoms with Gasteiger partial charge in [-0.3, -0.25) is 14.4 Å². The van der Waals surface area contributed by atoms with Crippen molar-refractivity contribution in [2.24, 2.45) is 0 Å². The number of rotatable bonds is 3. The van der Waals surface area contributed by atoms with Gasteiger partial charge >= 0.3 is 0 Å². The lowest BCUT2D eigenvalue weighted by Gasteiger charge is -2.32. The Morgan fingerprint density at radius 3 is 2.96 bits per heavy atom. The highest BCUT2D eigenvalue weighted by Gasteiger charge is 2.27. The molecule has 126 valence electrons. The second kappa shape index (κ2) is 6.92. The number of pyridine rings is 1. The zero-order valence-electron chi connectivity index (χ0n) is 12.8. The van der Waals surface area contributed by atoms with Crippen LogP contribution in [0.2, 0.25) is 5.02 Å². The van der Waals surface area contributed by atoms with Crippen LogP contribution in [-0.2, 0) is 0 Å². The second-order valence-electron chi connectivity index (χ2n) is 5.61. The van der Waals surface area contributed by atoms with Crippen molar-refractivity contribution in [2.45, 2.75) is 18.9 Å². The molecule has 0 saturated carbocycles. The SMILES string of the molecule is O=C(N[C@H]1CCCN(C(=O)c2ccco2)C1)c1c[nH]c(=O)c(Cl)c1. The molecule has 3 heterocycles. The highest BCUT2D eigenvalue weighted by atomic mass is 35.5. The Morgan fingerprint density at radius 2 is 2.25 bits per heavy atom. The number of aromatic amines is 1. The molecule has 2 N–H and O–H groups in total. The van der Waals surface area contributed by atoms with Crippen molar-refractivity contribution < 1.29 is 14.0 Å².